The fourth-order valence-electron chi connectivity index (χ4n) is 5.43. The molecular weight excluding hydrogens is 752 g/mol. The van der Waals surface area contributed by atoms with Crippen molar-refractivity contribution in [2.75, 3.05) is 132 Å². The van der Waals surface area contributed by atoms with Gasteiger partial charge < -0.3 is 52.7 Å². The van der Waals surface area contributed by atoms with Crippen molar-refractivity contribution in [2.45, 2.75) is 129 Å². The maximum Gasteiger partial charge on any atom is 0.306 e. The van der Waals surface area contributed by atoms with Gasteiger partial charge in [-0.2, -0.15) is 0 Å². The minimum Gasteiger partial charge on any atom is -0.460 e. The van der Waals surface area contributed by atoms with Crippen LogP contribution in [0.5, 0.6) is 0 Å². The molecule has 0 aromatic carbocycles. The van der Waals surface area contributed by atoms with Crippen molar-refractivity contribution in [1.29, 1.82) is 0 Å². The van der Waals surface area contributed by atoms with Crippen molar-refractivity contribution < 1.29 is 57.0 Å². The highest BCUT2D eigenvalue weighted by Gasteiger charge is 2.15. The molecule has 0 heterocycles. The summed E-state index contributed by atoms with van der Waals surface area (Å²) in [6, 6.07) is 0. The third kappa shape index (κ3) is 50.0. The fraction of sp³-hybridized carbons (Fsp3) is 0.952. The summed E-state index contributed by atoms with van der Waals surface area (Å²) in [5.74, 6) is 0.0207. The molecule has 0 aliphatic heterocycles. The Hall–Kier alpha value is -2.11. The molecule has 0 aliphatic carbocycles. The van der Waals surface area contributed by atoms with Crippen LogP contribution in [0, 0.1) is 0 Å². The summed E-state index contributed by atoms with van der Waals surface area (Å²) in [4.78, 5) is 26.4. The molecule has 0 atom stereocenters. The van der Waals surface area contributed by atoms with Crippen molar-refractivity contribution >= 4 is 11.9 Å². The average molecular weight is 835 g/mol. The Morgan fingerprint density at radius 1 is 0.448 bits per heavy atom. The van der Waals surface area contributed by atoms with E-state index in [1.165, 1.54) is 64.2 Å². The number of amides is 1. The molecule has 1 amide bonds. The second-order valence-electron chi connectivity index (χ2n) is 14.9. The maximum atomic E-state index is 12.1. The number of unbranched alkanes of at least 4 members (excludes halogenated alkanes) is 13. The number of hydrogen-bond acceptors (Lipinski definition) is 13. The molecule has 0 aliphatic rings. The number of nitrogens with zero attached hydrogens (tertiary/aromatic N) is 3. The van der Waals surface area contributed by atoms with Crippen molar-refractivity contribution in [3.8, 4) is 0 Å². The van der Waals surface area contributed by atoms with E-state index in [1.54, 1.807) is 0 Å². The van der Waals surface area contributed by atoms with Crippen LogP contribution in [0.25, 0.3) is 10.4 Å². The van der Waals surface area contributed by atoms with Crippen molar-refractivity contribution in [3.05, 3.63) is 10.4 Å². The van der Waals surface area contributed by atoms with Crippen molar-refractivity contribution in [3.63, 3.8) is 0 Å². The van der Waals surface area contributed by atoms with E-state index in [9.17, 15) is 9.59 Å². The Morgan fingerprint density at radius 3 is 1.07 bits per heavy atom. The number of carbonyl (C=O) groups is 2. The highest BCUT2D eigenvalue weighted by Crippen LogP contribution is 2.15. The zero-order chi connectivity index (χ0) is 42.3. The van der Waals surface area contributed by atoms with Crippen LogP contribution in [-0.4, -0.2) is 149 Å². The number of azide groups is 1. The average Bonchev–Trinajstić information content (AvgIpc) is 3.19. The minimum atomic E-state index is -0.382. The first-order valence-electron chi connectivity index (χ1n) is 22.0. The maximum absolute atomic E-state index is 12.1. The molecule has 0 aromatic heterocycles. The van der Waals surface area contributed by atoms with Gasteiger partial charge in [-0.05, 0) is 39.1 Å². The highest BCUT2D eigenvalue weighted by atomic mass is 16.6. The lowest BCUT2D eigenvalue weighted by Gasteiger charge is -2.19. The van der Waals surface area contributed by atoms with Gasteiger partial charge >= 0.3 is 5.97 Å². The molecule has 0 fully saturated rings. The molecule has 0 bridgehead atoms. The zero-order valence-corrected chi connectivity index (χ0v) is 36.7. The summed E-state index contributed by atoms with van der Waals surface area (Å²) >= 11 is 0. The Balaban J connectivity index is 3.18. The smallest absolute Gasteiger partial charge is 0.306 e. The predicted octanol–water partition coefficient (Wildman–Crippen LogP) is 7.15. The summed E-state index contributed by atoms with van der Waals surface area (Å²) in [6.45, 7) is 15.2. The summed E-state index contributed by atoms with van der Waals surface area (Å²) < 4.78 is 54.4. The molecule has 0 rings (SSSR count). The Kier molecular flexibility index (Phi) is 44.3. The number of rotatable bonds is 47. The molecular formula is C42H82N4O12. The molecule has 1 N–H and O–H groups in total. The van der Waals surface area contributed by atoms with Gasteiger partial charge in [-0.15, -0.1) is 0 Å². The van der Waals surface area contributed by atoms with Gasteiger partial charge in [0.1, 0.15) is 5.60 Å². The van der Waals surface area contributed by atoms with E-state index in [1.807, 2.05) is 20.8 Å². The van der Waals surface area contributed by atoms with Gasteiger partial charge in [-0.3, -0.25) is 9.59 Å². The number of esters is 1. The molecule has 0 saturated heterocycles. The molecule has 16 nitrogen and oxygen atoms in total. The van der Waals surface area contributed by atoms with Crippen LogP contribution < -0.4 is 5.32 Å². The molecule has 0 saturated carbocycles. The minimum absolute atomic E-state index is 0.0764. The number of carbonyl (C=O) groups excluding carboxylic acids is 2. The van der Waals surface area contributed by atoms with E-state index >= 15 is 0 Å². The van der Waals surface area contributed by atoms with Gasteiger partial charge in [0, 0.05) is 30.8 Å². The lowest BCUT2D eigenvalue weighted by Crippen LogP contribution is -2.27. The van der Waals surface area contributed by atoms with Gasteiger partial charge in [-0.25, -0.2) is 0 Å². The van der Waals surface area contributed by atoms with E-state index in [-0.39, 0.29) is 17.5 Å². The molecule has 16 heteroatoms. The second kappa shape index (κ2) is 46.0. The summed E-state index contributed by atoms with van der Waals surface area (Å²) in [5.41, 5.74) is 7.77. The number of ether oxygens (including phenoxy) is 10. The lowest BCUT2D eigenvalue weighted by molar-refractivity contribution is -0.154. The predicted molar refractivity (Wildman–Crippen MR) is 224 cm³/mol. The highest BCUT2D eigenvalue weighted by molar-refractivity contribution is 5.75. The Labute approximate surface area is 350 Å². The topological polar surface area (TPSA) is 187 Å². The summed E-state index contributed by atoms with van der Waals surface area (Å²) in [5, 5.41) is 6.31. The van der Waals surface area contributed by atoms with Gasteiger partial charge in [0.05, 0.1) is 119 Å². The van der Waals surface area contributed by atoms with Gasteiger partial charge in [-0.1, -0.05) is 82.2 Å². The second-order valence-corrected chi connectivity index (χ2v) is 14.9. The van der Waals surface area contributed by atoms with Crippen LogP contribution in [0.15, 0.2) is 5.11 Å². The molecule has 0 aromatic rings. The van der Waals surface area contributed by atoms with E-state index in [0.717, 1.165) is 25.7 Å². The zero-order valence-electron chi connectivity index (χ0n) is 36.7. The Bertz CT molecular complexity index is 938. The normalized spacial score (nSPS) is 11.5. The summed E-state index contributed by atoms with van der Waals surface area (Å²) in [7, 11) is 0. The van der Waals surface area contributed by atoms with Gasteiger partial charge in [0.15, 0.2) is 0 Å². The summed E-state index contributed by atoms with van der Waals surface area (Å²) in [6.07, 6.45) is 18.0. The third-order valence-electron chi connectivity index (χ3n) is 8.40. The first-order chi connectivity index (χ1) is 28.3. The number of hydrogen-bond donors (Lipinski definition) is 1. The first kappa shape index (κ1) is 55.9. The van der Waals surface area contributed by atoms with Crippen LogP contribution >= 0.6 is 0 Å². The van der Waals surface area contributed by atoms with Crippen molar-refractivity contribution in [1.82, 2.24) is 5.32 Å². The van der Waals surface area contributed by atoms with Gasteiger partial charge in [0.2, 0.25) is 5.91 Å². The monoisotopic (exact) mass is 835 g/mol. The molecule has 0 spiro atoms. The molecule has 342 valence electrons. The fourth-order valence-corrected chi connectivity index (χ4v) is 5.43. The number of nitrogens with one attached hydrogen (secondary N) is 1. The molecule has 58 heavy (non-hydrogen) atoms. The van der Waals surface area contributed by atoms with Crippen LogP contribution in [0.4, 0.5) is 0 Å². The van der Waals surface area contributed by atoms with Crippen LogP contribution in [0.2, 0.25) is 0 Å². The Morgan fingerprint density at radius 2 is 0.741 bits per heavy atom. The largest absolute Gasteiger partial charge is 0.460 e. The molecule has 0 unspecified atom stereocenters. The standard InChI is InChI=1S/C42H82N4O12/c1-42(2,3)58-41(48)19-17-15-13-11-9-7-5-4-6-8-10-12-14-16-18-40(47)44-20-22-49-24-26-51-28-30-53-32-34-55-36-38-57-39-37-56-35-33-54-31-29-52-27-25-50-23-21-45-46-43/h4-39H2,1-3H3,(H,44,47). The molecule has 0 radical (unpaired) electrons. The first-order valence-corrected chi connectivity index (χ1v) is 22.0. The lowest BCUT2D eigenvalue weighted by atomic mass is 10.0. The van der Waals surface area contributed by atoms with Gasteiger partial charge in [0.25, 0.3) is 0 Å². The van der Waals surface area contributed by atoms with Crippen LogP contribution in [0.1, 0.15) is 124 Å². The van der Waals surface area contributed by atoms with E-state index in [4.69, 9.17) is 52.9 Å². The van der Waals surface area contributed by atoms with Crippen molar-refractivity contribution in [2.24, 2.45) is 5.11 Å². The van der Waals surface area contributed by atoms with E-state index in [0.29, 0.717) is 145 Å². The van der Waals surface area contributed by atoms with E-state index in [2.05, 4.69) is 15.3 Å². The van der Waals surface area contributed by atoms with Crippen LogP contribution in [0.3, 0.4) is 0 Å². The quantitative estimate of drug-likeness (QED) is 0.0215. The van der Waals surface area contributed by atoms with Crippen LogP contribution in [-0.2, 0) is 57.0 Å². The SMILES string of the molecule is CC(C)(C)OC(=O)CCCCCCCCCCCCCCCCC(=O)NCCOCCOCCOCCOCCOCCOCCOCCOCCOCCN=[N+]=[N-]. The third-order valence-corrected chi connectivity index (χ3v) is 8.40. The van der Waals surface area contributed by atoms with E-state index < -0.39 is 0 Å².